The summed E-state index contributed by atoms with van der Waals surface area (Å²) in [6.45, 7) is 4.19. The van der Waals surface area contributed by atoms with Crippen LogP contribution < -0.4 is 10.3 Å². The second kappa shape index (κ2) is 7.75. The van der Waals surface area contributed by atoms with Gasteiger partial charge in [-0.3, -0.25) is 9.78 Å². The highest BCUT2D eigenvalue weighted by Crippen LogP contribution is 2.25. The Bertz CT molecular complexity index is 811. The van der Waals surface area contributed by atoms with E-state index < -0.39 is 0 Å². The van der Waals surface area contributed by atoms with Crippen molar-refractivity contribution >= 4 is 23.0 Å². The Hall–Kier alpha value is -2.95. The number of amides is 1. The van der Waals surface area contributed by atoms with Gasteiger partial charge in [0.15, 0.2) is 0 Å². The molecular weight excluding hydrogens is 312 g/mol. The van der Waals surface area contributed by atoms with Crippen molar-refractivity contribution in [1.29, 1.82) is 0 Å². The molecule has 1 amide bonds. The number of pyridine rings is 1. The van der Waals surface area contributed by atoms with E-state index in [0.717, 1.165) is 30.7 Å². The topological polar surface area (TPSA) is 57.6 Å². The van der Waals surface area contributed by atoms with E-state index in [1.807, 2.05) is 24.3 Å². The van der Waals surface area contributed by atoms with E-state index in [4.69, 9.17) is 0 Å². The quantitative estimate of drug-likeness (QED) is 0.808. The second-order valence-corrected chi connectivity index (χ2v) is 5.84. The number of hydrogen-bond acceptors (Lipinski definition) is 4. The summed E-state index contributed by atoms with van der Waals surface area (Å²) in [6, 6.07) is 11.7. The zero-order valence-corrected chi connectivity index (χ0v) is 14.6. The highest BCUT2D eigenvalue weighted by atomic mass is 16.2. The van der Waals surface area contributed by atoms with E-state index in [-0.39, 0.29) is 5.91 Å². The van der Waals surface area contributed by atoms with E-state index in [2.05, 4.69) is 35.3 Å². The first-order valence-corrected chi connectivity index (χ1v) is 8.61. The molecule has 1 aromatic heterocycles. The molecule has 0 saturated carbocycles. The van der Waals surface area contributed by atoms with Gasteiger partial charge in [0.2, 0.25) is 0 Å². The van der Waals surface area contributed by atoms with Crippen LogP contribution in [0.1, 0.15) is 32.3 Å². The van der Waals surface area contributed by atoms with Crippen LogP contribution in [0, 0.1) is 0 Å². The molecule has 0 unspecified atom stereocenters. The summed E-state index contributed by atoms with van der Waals surface area (Å²) in [4.78, 5) is 16.9. The minimum Gasteiger partial charge on any atom is -0.361 e. The molecule has 0 spiro atoms. The second-order valence-electron chi connectivity index (χ2n) is 5.84. The third-order valence-electron chi connectivity index (χ3n) is 4.10. The van der Waals surface area contributed by atoms with Crippen molar-refractivity contribution in [2.24, 2.45) is 5.10 Å². The molecule has 128 valence electrons. The molecule has 1 N–H and O–H groups in total. The number of benzene rings is 1. The SMILES string of the molecule is CCCC1=NN(c2cccnc2)C(=O)C1=CNc1ccccc1CC. The summed E-state index contributed by atoms with van der Waals surface area (Å²) < 4.78 is 0. The molecular formula is C20H22N4O. The maximum Gasteiger partial charge on any atom is 0.282 e. The number of aromatic nitrogens is 1. The average Bonchev–Trinajstić information content (AvgIpc) is 2.97. The van der Waals surface area contributed by atoms with Gasteiger partial charge in [-0.2, -0.15) is 10.1 Å². The van der Waals surface area contributed by atoms with Crippen LogP contribution in [0.5, 0.6) is 0 Å². The third kappa shape index (κ3) is 3.60. The Morgan fingerprint density at radius 1 is 1.16 bits per heavy atom. The third-order valence-corrected chi connectivity index (χ3v) is 4.10. The van der Waals surface area contributed by atoms with Crippen molar-refractivity contribution in [1.82, 2.24) is 4.98 Å². The van der Waals surface area contributed by atoms with E-state index in [1.54, 1.807) is 24.7 Å². The number of aryl methyl sites for hydroxylation is 1. The normalized spacial score (nSPS) is 15.6. The standard InChI is InChI=1S/C20H22N4O/c1-3-8-19-17(14-22-18-11-6-5-9-15(18)4-2)20(25)24(23-19)16-10-7-12-21-13-16/h5-7,9-14,22H,3-4,8H2,1-2H3. The van der Waals surface area contributed by atoms with E-state index in [1.165, 1.54) is 10.6 Å². The fraction of sp³-hybridized carbons (Fsp3) is 0.250. The van der Waals surface area contributed by atoms with Crippen molar-refractivity contribution in [2.75, 3.05) is 10.3 Å². The van der Waals surface area contributed by atoms with Gasteiger partial charge in [0.1, 0.15) is 0 Å². The maximum absolute atomic E-state index is 12.8. The molecule has 25 heavy (non-hydrogen) atoms. The summed E-state index contributed by atoms with van der Waals surface area (Å²) in [5, 5.41) is 9.24. The summed E-state index contributed by atoms with van der Waals surface area (Å²) >= 11 is 0. The van der Waals surface area contributed by atoms with Gasteiger partial charge in [-0.05, 0) is 36.6 Å². The first kappa shape index (κ1) is 16.9. The number of carbonyl (C=O) groups is 1. The van der Waals surface area contributed by atoms with Crippen molar-refractivity contribution in [3.8, 4) is 0 Å². The molecule has 1 aliphatic heterocycles. The molecule has 0 atom stereocenters. The summed E-state index contributed by atoms with van der Waals surface area (Å²) in [5.41, 5.74) is 4.32. The van der Waals surface area contributed by atoms with Crippen LogP contribution >= 0.6 is 0 Å². The lowest BCUT2D eigenvalue weighted by Crippen LogP contribution is -2.22. The molecule has 0 aliphatic carbocycles. The molecule has 1 aromatic carbocycles. The van der Waals surface area contributed by atoms with Gasteiger partial charge in [-0.15, -0.1) is 0 Å². The summed E-state index contributed by atoms with van der Waals surface area (Å²) in [7, 11) is 0. The summed E-state index contributed by atoms with van der Waals surface area (Å²) in [6.07, 6.45) is 7.72. The molecule has 0 bridgehead atoms. The van der Waals surface area contributed by atoms with Crippen molar-refractivity contribution in [2.45, 2.75) is 33.1 Å². The fourth-order valence-corrected chi connectivity index (χ4v) is 2.80. The Labute approximate surface area is 148 Å². The van der Waals surface area contributed by atoms with Gasteiger partial charge in [-0.1, -0.05) is 38.5 Å². The van der Waals surface area contributed by atoms with Crippen molar-refractivity contribution in [3.05, 3.63) is 66.1 Å². The number of nitrogens with zero attached hydrogens (tertiary/aromatic N) is 3. The summed E-state index contributed by atoms with van der Waals surface area (Å²) in [5.74, 6) is -0.127. The lowest BCUT2D eigenvalue weighted by Gasteiger charge is -2.11. The zero-order chi connectivity index (χ0) is 17.6. The molecule has 0 radical (unpaired) electrons. The highest BCUT2D eigenvalue weighted by Gasteiger charge is 2.30. The first-order valence-electron chi connectivity index (χ1n) is 8.61. The van der Waals surface area contributed by atoms with Gasteiger partial charge in [0, 0.05) is 18.1 Å². The zero-order valence-electron chi connectivity index (χ0n) is 14.6. The molecule has 0 saturated heterocycles. The monoisotopic (exact) mass is 334 g/mol. The van der Waals surface area contributed by atoms with Crippen LogP contribution in [-0.2, 0) is 11.2 Å². The lowest BCUT2D eigenvalue weighted by atomic mass is 10.1. The molecule has 3 rings (SSSR count). The number of nitrogens with one attached hydrogen (secondary N) is 1. The molecule has 5 nitrogen and oxygen atoms in total. The van der Waals surface area contributed by atoms with Gasteiger partial charge in [0.25, 0.3) is 5.91 Å². The lowest BCUT2D eigenvalue weighted by molar-refractivity contribution is -0.114. The predicted molar refractivity (Wildman–Crippen MR) is 102 cm³/mol. The van der Waals surface area contributed by atoms with Crippen LogP contribution in [0.2, 0.25) is 0 Å². The molecule has 5 heteroatoms. The van der Waals surface area contributed by atoms with Gasteiger partial charge < -0.3 is 5.32 Å². The molecule has 2 aromatic rings. The Kier molecular flexibility index (Phi) is 5.23. The molecule has 0 fully saturated rings. The van der Waals surface area contributed by atoms with Crippen molar-refractivity contribution in [3.63, 3.8) is 0 Å². The predicted octanol–water partition coefficient (Wildman–Crippen LogP) is 4.14. The van der Waals surface area contributed by atoms with Crippen LogP contribution in [0.4, 0.5) is 11.4 Å². The van der Waals surface area contributed by atoms with Crippen LogP contribution in [-0.4, -0.2) is 16.6 Å². The van der Waals surface area contributed by atoms with E-state index >= 15 is 0 Å². The minimum atomic E-state index is -0.127. The van der Waals surface area contributed by atoms with Gasteiger partial charge in [-0.25, -0.2) is 0 Å². The smallest absolute Gasteiger partial charge is 0.282 e. The van der Waals surface area contributed by atoms with E-state index in [0.29, 0.717) is 11.3 Å². The highest BCUT2D eigenvalue weighted by molar-refractivity contribution is 6.30. The van der Waals surface area contributed by atoms with Crippen molar-refractivity contribution < 1.29 is 4.79 Å². The number of para-hydroxylation sites is 1. The number of anilines is 2. The van der Waals surface area contributed by atoms with Gasteiger partial charge in [0.05, 0.1) is 23.2 Å². The average molecular weight is 334 g/mol. The minimum absolute atomic E-state index is 0.127. The number of carbonyl (C=O) groups excluding carboxylic acids is 1. The first-order chi connectivity index (χ1) is 12.2. The van der Waals surface area contributed by atoms with Crippen LogP contribution in [0.3, 0.4) is 0 Å². The number of hydrogen-bond donors (Lipinski definition) is 1. The Balaban J connectivity index is 1.89. The number of rotatable bonds is 6. The Morgan fingerprint density at radius 2 is 2.00 bits per heavy atom. The molecule has 1 aliphatic rings. The maximum atomic E-state index is 12.8. The molecule has 2 heterocycles. The number of hydrazone groups is 1. The Morgan fingerprint density at radius 3 is 2.72 bits per heavy atom. The van der Waals surface area contributed by atoms with Gasteiger partial charge >= 0.3 is 0 Å². The largest absolute Gasteiger partial charge is 0.361 e. The van der Waals surface area contributed by atoms with Crippen LogP contribution in [0.25, 0.3) is 0 Å². The fourth-order valence-electron chi connectivity index (χ4n) is 2.80. The van der Waals surface area contributed by atoms with Crippen LogP contribution in [0.15, 0.2) is 65.7 Å². The van der Waals surface area contributed by atoms with E-state index in [9.17, 15) is 4.79 Å².